The minimum absolute atomic E-state index is 0.236. The second kappa shape index (κ2) is 4.59. The number of aromatic nitrogens is 2. The van der Waals surface area contributed by atoms with E-state index in [-0.39, 0.29) is 5.28 Å². The molecule has 0 spiro atoms. The molecule has 82 valence electrons. The Morgan fingerprint density at radius 2 is 1.94 bits per heavy atom. The van der Waals surface area contributed by atoms with Crippen molar-refractivity contribution >= 4 is 53.5 Å². The molecule has 2 heterocycles. The van der Waals surface area contributed by atoms with Crippen LogP contribution in [0, 0.1) is 0 Å². The van der Waals surface area contributed by atoms with Crippen molar-refractivity contribution in [3.05, 3.63) is 56.1 Å². The first-order chi connectivity index (χ1) is 8.25. The third kappa shape index (κ3) is 2.09. The van der Waals surface area contributed by atoms with Crippen molar-refractivity contribution in [2.75, 3.05) is 0 Å². The zero-order valence-electron chi connectivity index (χ0n) is 8.61. The molecule has 1 aromatic heterocycles. The summed E-state index contributed by atoms with van der Waals surface area (Å²) in [5.74, 6) is 0. The second-order valence-corrected chi connectivity index (χ2v) is 7.51. The van der Waals surface area contributed by atoms with Gasteiger partial charge in [0.2, 0.25) is 0 Å². The molecule has 0 aliphatic carbocycles. The summed E-state index contributed by atoms with van der Waals surface area (Å²) < 4.78 is 3.75. The Balaban J connectivity index is 2.16. The van der Waals surface area contributed by atoms with Crippen molar-refractivity contribution in [1.82, 2.24) is 9.97 Å². The first kappa shape index (κ1) is 11.5. The molecule has 2 aromatic rings. The molecule has 3 rings (SSSR count). The van der Waals surface area contributed by atoms with Gasteiger partial charge in [-0.2, -0.15) is 0 Å². The SMILES string of the molecule is Clc1ncc(Cl)c(C2=[CH][Sn][c]3ccccc32)n1. The second-order valence-electron chi connectivity index (χ2n) is 3.58. The zero-order valence-corrected chi connectivity index (χ0v) is 13.0. The predicted molar refractivity (Wildman–Crippen MR) is 71.0 cm³/mol. The van der Waals surface area contributed by atoms with Gasteiger partial charge < -0.3 is 0 Å². The third-order valence-electron chi connectivity index (χ3n) is 2.56. The van der Waals surface area contributed by atoms with E-state index in [0.29, 0.717) is 5.02 Å². The van der Waals surface area contributed by atoms with Crippen molar-refractivity contribution < 1.29 is 0 Å². The Labute approximate surface area is 119 Å². The van der Waals surface area contributed by atoms with E-state index >= 15 is 0 Å². The van der Waals surface area contributed by atoms with Crippen LogP contribution in [-0.2, 0) is 0 Å². The van der Waals surface area contributed by atoms with E-state index < -0.39 is 21.1 Å². The maximum absolute atomic E-state index is 6.14. The van der Waals surface area contributed by atoms with Crippen molar-refractivity contribution in [2.45, 2.75) is 0 Å². The van der Waals surface area contributed by atoms with E-state index in [0.717, 1.165) is 11.3 Å². The molecule has 1 aromatic carbocycles. The van der Waals surface area contributed by atoms with Gasteiger partial charge in [0, 0.05) is 0 Å². The van der Waals surface area contributed by atoms with Gasteiger partial charge >= 0.3 is 120 Å². The fraction of sp³-hybridized carbons (Fsp3) is 0. The van der Waals surface area contributed by atoms with Gasteiger partial charge in [-0.15, -0.1) is 0 Å². The fourth-order valence-corrected chi connectivity index (χ4v) is 5.43. The summed E-state index contributed by atoms with van der Waals surface area (Å²) in [4.78, 5) is 8.11. The van der Waals surface area contributed by atoms with E-state index in [4.69, 9.17) is 23.2 Å². The van der Waals surface area contributed by atoms with E-state index in [1.165, 1.54) is 9.14 Å². The number of halogens is 2. The average molecular weight is 368 g/mol. The van der Waals surface area contributed by atoms with Crippen LogP contribution in [0.1, 0.15) is 11.3 Å². The summed E-state index contributed by atoms with van der Waals surface area (Å²) in [7, 11) is 0. The monoisotopic (exact) mass is 368 g/mol. The first-order valence-corrected chi connectivity index (χ1v) is 8.83. The summed E-state index contributed by atoms with van der Waals surface area (Å²) in [5.41, 5.74) is 3.11. The molecule has 0 amide bonds. The topological polar surface area (TPSA) is 25.8 Å². The molecule has 0 saturated heterocycles. The van der Waals surface area contributed by atoms with Crippen LogP contribution in [-0.4, -0.2) is 31.1 Å². The third-order valence-corrected chi connectivity index (χ3v) is 6.39. The van der Waals surface area contributed by atoms with E-state index in [1.54, 1.807) is 6.20 Å². The molecule has 2 nitrogen and oxygen atoms in total. The Hall–Kier alpha value is -0.581. The Morgan fingerprint density at radius 3 is 2.82 bits per heavy atom. The number of nitrogens with zero attached hydrogens (tertiary/aromatic N) is 2. The molecule has 0 bridgehead atoms. The Morgan fingerprint density at radius 1 is 1.12 bits per heavy atom. The molecular weight excluding hydrogens is 362 g/mol. The molecule has 5 heteroatoms. The number of fused-ring (bicyclic) bond motifs is 1. The van der Waals surface area contributed by atoms with Crippen molar-refractivity contribution in [3.63, 3.8) is 0 Å². The fourth-order valence-electron chi connectivity index (χ4n) is 1.80. The predicted octanol–water partition coefficient (Wildman–Crippen LogP) is 2.52. The van der Waals surface area contributed by atoms with Gasteiger partial charge in [-0.05, 0) is 0 Å². The quantitative estimate of drug-likeness (QED) is 0.572. The standard InChI is InChI=1S/C12H6Cl2N2.Sn/c1-8(9-5-3-2-4-6-9)11-10(13)7-15-12(14)16-11;/h1-5,7H;. The number of hydrogen-bond acceptors (Lipinski definition) is 2. The van der Waals surface area contributed by atoms with E-state index in [2.05, 4.69) is 32.3 Å². The van der Waals surface area contributed by atoms with Gasteiger partial charge in [0.15, 0.2) is 0 Å². The molecule has 2 radical (unpaired) electrons. The molecule has 0 N–H and O–H groups in total. The first-order valence-electron chi connectivity index (χ1n) is 5.00. The van der Waals surface area contributed by atoms with Gasteiger partial charge in [-0.25, -0.2) is 0 Å². The average Bonchev–Trinajstić information content (AvgIpc) is 2.76. The number of hydrogen-bond donors (Lipinski definition) is 0. The number of benzene rings is 1. The normalized spacial score (nSPS) is 13.4. The van der Waals surface area contributed by atoms with Crippen LogP contribution in [0.5, 0.6) is 0 Å². The van der Waals surface area contributed by atoms with Crippen molar-refractivity contribution in [3.8, 4) is 0 Å². The summed E-state index contributed by atoms with van der Waals surface area (Å²) in [5, 5.41) is 0.789. The molecule has 0 unspecified atom stereocenters. The molecule has 1 aliphatic rings. The van der Waals surface area contributed by atoms with Crippen LogP contribution in [0.4, 0.5) is 0 Å². The summed E-state index contributed by atoms with van der Waals surface area (Å²) in [6.45, 7) is 0. The summed E-state index contributed by atoms with van der Waals surface area (Å²) in [6, 6.07) is 8.40. The van der Waals surface area contributed by atoms with Crippen LogP contribution in [0.15, 0.2) is 34.6 Å². The van der Waals surface area contributed by atoms with Crippen LogP contribution in [0.3, 0.4) is 0 Å². The van der Waals surface area contributed by atoms with Gasteiger partial charge in [0.05, 0.1) is 0 Å². The zero-order chi connectivity index (χ0) is 11.8. The number of rotatable bonds is 1. The maximum atomic E-state index is 6.14. The molecule has 1 aliphatic heterocycles. The summed E-state index contributed by atoms with van der Waals surface area (Å²) >= 11 is 11.3. The van der Waals surface area contributed by atoms with Crippen molar-refractivity contribution in [1.29, 1.82) is 0 Å². The van der Waals surface area contributed by atoms with Crippen molar-refractivity contribution in [2.24, 2.45) is 0 Å². The summed E-state index contributed by atoms with van der Waals surface area (Å²) in [6.07, 6.45) is 1.55. The van der Waals surface area contributed by atoms with Crippen LogP contribution in [0.2, 0.25) is 10.3 Å². The van der Waals surface area contributed by atoms with Crippen LogP contribution < -0.4 is 3.58 Å². The molecule has 0 atom stereocenters. The molecular formula is C12H6Cl2N2Sn. The van der Waals surface area contributed by atoms with Crippen LogP contribution in [0.25, 0.3) is 5.57 Å². The Kier molecular flexibility index (Phi) is 3.11. The van der Waals surface area contributed by atoms with Gasteiger partial charge in [0.25, 0.3) is 0 Å². The minimum atomic E-state index is -0.634. The molecule has 0 fully saturated rings. The Bertz CT molecular complexity index is 626. The van der Waals surface area contributed by atoms with Gasteiger partial charge in [-0.3, -0.25) is 0 Å². The van der Waals surface area contributed by atoms with E-state index in [9.17, 15) is 0 Å². The van der Waals surface area contributed by atoms with Gasteiger partial charge in [-0.1, -0.05) is 0 Å². The van der Waals surface area contributed by atoms with E-state index in [1.807, 2.05) is 6.07 Å². The van der Waals surface area contributed by atoms with Crippen LogP contribution >= 0.6 is 23.2 Å². The molecule has 0 saturated carbocycles. The van der Waals surface area contributed by atoms with Gasteiger partial charge in [0.1, 0.15) is 0 Å². The molecule has 17 heavy (non-hydrogen) atoms.